The summed E-state index contributed by atoms with van der Waals surface area (Å²) in [6, 6.07) is 14.1. The summed E-state index contributed by atoms with van der Waals surface area (Å²) in [6.45, 7) is 0.727. The van der Waals surface area contributed by atoms with E-state index in [1.54, 1.807) is 13.3 Å². The van der Waals surface area contributed by atoms with Crippen LogP contribution in [0, 0.1) is 0 Å². The number of aromatic nitrogens is 4. The van der Waals surface area contributed by atoms with Crippen molar-refractivity contribution in [2.24, 2.45) is 0 Å². The first-order valence-corrected chi connectivity index (χ1v) is 8.33. The zero-order valence-corrected chi connectivity index (χ0v) is 14.7. The molecule has 0 atom stereocenters. The molecule has 0 fully saturated rings. The molecule has 0 aliphatic heterocycles. The molecule has 2 heterocycles. The van der Waals surface area contributed by atoms with E-state index in [4.69, 9.17) is 9.72 Å². The number of hydrogen-bond acceptors (Lipinski definition) is 5. The lowest BCUT2D eigenvalue weighted by molar-refractivity contribution is 0.414. The molecular formula is C20H19N5O. The Labute approximate surface area is 151 Å². The minimum Gasteiger partial charge on any atom is -0.497 e. The molecule has 4 aromatic rings. The molecule has 0 saturated carbocycles. The van der Waals surface area contributed by atoms with Gasteiger partial charge in [-0.2, -0.15) is 5.10 Å². The quantitative estimate of drug-likeness (QED) is 0.598. The summed E-state index contributed by atoms with van der Waals surface area (Å²) >= 11 is 0. The number of nitrogens with zero attached hydrogens (tertiary/aromatic N) is 4. The molecule has 6 nitrogen and oxygen atoms in total. The highest BCUT2D eigenvalue weighted by atomic mass is 16.5. The molecule has 0 spiro atoms. The molecule has 0 radical (unpaired) electrons. The Morgan fingerprint density at radius 3 is 2.77 bits per heavy atom. The SMILES string of the molecule is COc1cccc(CN(C)c2cnc3cc(-c4cn[nH]c4)ccc3n2)c1. The van der Waals surface area contributed by atoms with Gasteiger partial charge in [0.2, 0.25) is 0 Å². The zero-order valence-electron chi connectivity index (χ0n) is 14.7. The largest absolute Gasteiger partial charge is 0.497 e. The van der Waals surface area contributed by atoms with Crippen molar-refractivity contribution in [1.82, 2.24) is 20.2 Å². The lowest BCUT2D eigenvalue weighted by Gasteiger charge is -2.18. The summed E-state index contributed by atoms with van der Waals surface area (Å²) in [7, 11) is 3.69. The fourth-order valence-electron chi connectivity index (χ4n) is 2.90. The summed E-state index contributed by atoms with van der Waals surface area (Å²) < 4.78 is 5.29. The maximum atomic E-state index is 5.29. The monoisotopic (exact) mass is 345 g/mol. The molecule has 0 aliphatic rings. The Kier molecular flexibility index (Phi) is 4.23. The van der Waals surface area contributed by atoms with E-state index in [1.807, 2.05) is 55.8 Å². The highest BCUT2D eigenvalue weighted by Gasteiger charge is 2.08. The van der Waals surface area contributed by atoms with Gasteiger partial charge in [-0.3, -0.25) is 10.1 Å². The van der Waals surface area contributed by atoms with Crippen LogP contribution >= 0.6 is 0 Å². The molecule has 26 heavy (non-hydrogen) atoms. The number of benzene rings is 2. The molecule has 4 rings (SSSR count). The lowest BCUT2D eigenvalue weighted by atomic mass is 10.1. The van der Waals surface area contributed by atoms with E-state index >= 15 is 0 Å². The van der Waals surface area contributed by atoms with Gasteiger partial charge < -0.3 is 9.64 Å². The number of anilines is 1. The van der Waals surface area contributed by atoms with Crippen LogP contribution in [0.2, 0.25) is 0 Å². The molecule has 130 valence electrons. The highest BCUT2D eigenvalue weighted by Crippen LogP contribution is 2.23. The third-order valence-corrected chi connectivity index (χ3v) is 4.31. The fraction of sp³-hybridized carbons (Fsp3) is 0.150. The molecule has 2 aromatic heterocycles. The van der Waals surface area contributed by atoms with Gasteiger partial charge in [-0.1, -0.05) is 18.2 Å². The third-order valence-electron chi connectivity index (χ3n) is 4.31. The standard InChI is InChI=1S/C20H19N5O/c1-25(13-14-4-3-5-17(8-14)26-2)20-12-21-19-9-15(6-7-18(19)24-20)16-10-22-23-11-16/h3-12H,13H2,1-2H3,(H,22,23). The third kappa shape index (κ3) is 3.21. The summed E-state index contributed by atoms with van der Waals surface area (Å²) in [6.07, 6.45) is 5.47. The van der Waals surface area contributed by atoms with Crippen LogP contribution in [0.1, 0.15) is 5.56 Å². The van der Waals surface area contributed by atoms with Crippen molar-refractivity contribution in [3.05, 3.63) is 66.6 Å². The van der Waals surface area contributed by atoms with Gasteiger partial charge in [0.25, 0.3) is 0 Å². The Hall–Kier alpha value is -3.41. The van der Waals surface area contributed by atoms with Crippen LogP contribution in [0.3, 0.4) is 0 Å². The molecule has 0 unspecified atom stereocenters. The highest BCUT2D eigenvalue weighted by molar-refractivity contribution is 5.81. The van der Waals surface area contributed by atoms with Gasteiger partial charge in [0.15, 0.2) is 0 Å². The first-order valence-electron chi connectivity index (χ1n) is 8.33. The van der Waals surface area contributed by atoms with Crippen LogP contribution in [0.5, 0.6) is 5.75 Å². The van der Waals surface area contributed by atoms with Gasteiger partial charge in [-0.05, 0) is 35.4 Å². The molecule has 0 amide bonds. The van der Waals surface area contributed by atoms with Gasteiger partial charge in [0.05, 0.1) is 30.5 Å². The smallest absolute Gasteiger partial charge is 0.147 e. The molecule has 2 aromatic carbocycles. The average Bonchev–Trinajstić information content (AvgIpc) is 3.22. The predicted octanol–water partition coefficient (Wildman–Crippen LogP) is 3.66. The second-order valence-corrected chi connectivity index (χ2v) is 6.13. The van der Waals surface area contributed by atoms with E-state index in [2.05, 4.69) is 26.1 Å². The molecule has 6 heteroatoms. The van der Waals surface area contributed by atoms with E-state index in [1.165, 1.54) is 0 Å². The van der Waals surface area contributed by atoms with Crippen molar-refractivity contribution in [3.8, 4) is 16.9 Å². The van der Waals surface area contributed by atoms with Crippen LogP contribution in [0.4, 0.5) is 5.82 Å². The van der Waals surface area contributed by atoms with Crippen molar-refractivity contribution in [2.75, 3.05) is 19.1 Å². The maximum absolute atomic E-state index is 5.29. The average molecular weight is 345 g/mol. The number of methoxy groups -OCH3 is 1. The van der Waals surface area contributed by atoms with Crippen molar-refractivity contribution >= 4 is 16.9 Å². The molecular weight excluding hydrogens is 326 g/mol. The van der Waals surface area contributed by atoms with E-state index in [9.17, 15) is 0 Å². The lowest BCUT2D eigenvalue weighted by Crippen LogP contribution is -2.18. The van der Waals surface area contributed by atoms with Gasteiger partial charge in [-0.15, -0.1) is 0 Å². The number of H-pyrrole nitrogens is 1. The van der Waals surface area contributed by atoms with Crippen molar-refractivity contribution in [2.45, 2.75) is 6.54 Å². The van der Waals surface area contributed by atoms with Crippen LogP contribution < -0.4 is 9.64 Å². The minimum absolute atomic E-state index is 0.727. The second kappa shape index (κ2) is 6.84. The zero-order chi connectivity index (χ0) is 17.9. The van der Waals surface area contributed by atoms with E-state index < -0.39 is 0 Å². The normalized spacial score (nSPS) is 10.8. The molecule has 0 saturated heterocycles. The second-order valence-electron chi connectivity index (χ2n) is 6.13. The van der Waals surface area contributed by atoms with Crippen LogP contribution in [-0.4, -0.2) is 34.3 Å². The maximum Gasteiger partial charge on any atom is 0.147 e. The summed E-state index contributed by atoms with van der Waals surface area (Å²) in [5, 5.41) is 6.82. The Balaban J connectivity index is 1.59. The number of nitrogens with one attached hydrogen (secondary N) is 1. The van der Waals surface area contributed by atoms with E-state index in [0.29, 0.717) is 0 Å². The van der Waals surface area contributed by atoms with Crippen molar-refractivity contribution in [3.63, 3.8) is 0 Å². The number of aromatic amines is 1. The number of hydrogen-bond donors (Lipinski definition) is 1. The van der Waals surface area contributed by atoms with Gasteiger partial charge in [-0.25, -0.2) is 4.98 Å². The summed E-state index contributed by atoms with van der Waals surface area (Å²) in [4.78, 5) is 11.4. The number of ether oxygens (including phenoxy) is 1. The summed E-state index contributed by atoms with van der Waals surface area (Å²) in [5.74, 6) is 1.68. The first kappa shape index (κ1) is 16.1. The van der Waals surface area contributed by atoms with Gasteiger partial charge in [0.1, 0.15) is 11.6 Å². The summed E-state index contributed by atoms with van der Waals surface area (Å²) in [5.41, 5.74) is 4.99. The Morgan fingerprint density at radius 1 is 1.04 bits per heavy atom. The van der Waals surface area contributed by atoms with Gasteiger partial charge in [0, 0.05) is 25.4 Å². The Bertz CT molecular complexity index is 1030. The minimum atomic E-state index is 0.727. The number of rotatable bonds is 5. The molecule has 0 bridgehead atoms. The van der Waals surface area contributed by atoms with E-state index in [-0.39, 0.29) is 0 Å². The molecule has 1 N–H and O–H groups in total. The first-order chi connectivity index (χ1) is 12.7. The van der Waals surface area contributed by atoms with E-state index in [0.717, 1.165) is 45.8 Å². The van der Waals surface area contributed by atoms with Crippen molar-refractivity contribution in [1.29, 1.82) is 0 Å². The van der Waals surface area contributed by atoms with Crippen molar-refractivity contribution < 1.29 is 4.74 Å². The van der Waals surface area contributed by atoms with Crippen LogP contribution in [-0.2, 0) is 6.54 Å². The Morgan fingerprint density at radius 2 is 1.96 bits per heavy atom. The van der Waals surface area contributed by atoms with Crippen LogP contribution in [0.25, 0.3) is 22.2 Å². The topological polar surface area (TPSA) is 66.9 Å². The fourth-order valence-corrected chi connectivity index (χ4v) is 2.90. The number of fused-ring (bicyclic) bond motifs is 1. The van der Waals surface area contributed by atoms with Gasteiger partial charge >= 0.3 is 0 Å². The molecule has 0 aliphatic carbocycles. The van der Waals surface area contributed by atoms with Crippen LogP contribution in [0.15, 0.2) is 61.1 Å². The predicted molar refractivity (Wildman–Crippen MR) is 102 cm³/mol.